The van der Waals surface area contributed by atoms with E-state index >= 15 is 0 Å². The van der Waals surface area contributed by atoms with Crippen molar-refractivity contribution in [2.75, 3.05) is 33.4 Å². The van der Waals surface area contributed by atoms with Gasteiger partial charge in [-0.2, -0.15) is 5.10 Å². The third-order valence-corrected chi connectivity index (χ3v) is 5.11. The molecule has 2 aromatic carbocycles. The number of benzene rings is 2. The number of hydrogen-bond acceptors (Lipinski definition) is 6. The average molecular weight is 492 g/mol. The molecule has 0 atom stereocenters. The van der Waals surface area contributed by atoms with Crippen molar-refractivity contribution in [3.63, 3.8) is 0 Å². The van der Waals surface area contributed by atoms with E-state index in [1.807, 2.05) is 47.4 Å². The number of nitrogens with zero attached hydrogens (tertiary/aromatic N) is 2. The first kappa shape index (κ1) is 29.1. The monoisotopic (exact) mass is 491 g/mol. The second-order valence-corrected chi connectivity index (χ2v) is 7.73. The largest absolute Gasteiger partial charge is 0.494 e. The molecule has 2 aromatic rings. The van der Waals surface area contributed by atoms with Crippen molar-refractivity contribution in [3.8, 4) is 17.2 Å². The first-order valence-corrected chi connectivity index (χ1v) is 11.7. The molecule has 2 N–H and O–H groups in total. The summed E-state index contributed by atoms with van der Waals surface area (Å²) in [5.41, 5.74) is 1.49. The van der Waals surface area contributed by atoms with Crippen LogP contribution in [-0.4, -0.2) is 50.4 Å². The Kier molecular flexibility index (Phi) is 14.2. The maximum absolute atomic E-state index is 13.1. The van der Waals surface area contributed by atoms with E-state index in [2.05, 4.69) is 18.9 Å². The zero-order valence-corrected chi connectivity index (χ0v) is 21.3. The van der Waals surface area contributed by atoms with E-state index in [0.29, 0.717) is 30.3 Å². The van der Waals surface area contributed by atoms with Crippen molar-refractivity contribution < 1.29 is 19.0 Å². The highest BCUT2D eigenvalue weighted by Gasteiger charge is 2.21. The number of methoxy groups -OCH3 is 1. The summed E-state index contributed by atoms with van der Waals surface area (Å²) in [6.45, 7) is 6.75. The van der Waals surface area contributed by atoms with Crippen molar-refractivity contribution in [1.29, 1.82) is 0 Å². The fourth-order valence-corrected chi connectivity index (χ4v) is 3.50. The highest BCUT2D eigenvalue weighted by molar-refractivity contribution is 5.97. The van der Waals surface area contributed by atoms with E-state index in [-0.39, 0.29) is 18.3 Å². The van der Waals surface area contributed by atoms with Crippen molar-refractivity contribution in [2.45, 2.75) is 46.0 Å². The Morgan fingerprint density at radius 3 is 2.21 bits per heavy atom. The van der Waals surface area contributed by atoms with E-state index in [1.54, 1.807) is 13.3 Å². The summed E-state index contributed by atoms with van der Waals surface area (Å²) in [6, 6.07) is 13.1. The Hall–Kier alpha value is -2.93. The molecule has 8 heteroatoms. The fraction of sp³-hybridized carbons (Fsp3) is 0.462. The van der Waals surface area contributed by atoms with Gasteiger partial charge in [0.1, 0.15) is 5.75 Å². The minimum Gasteiger partial charge on any atom is -0.494 e. The number of halogens is 1. The lowest BCUT2D eigenvalue weighted by Crippen LogP contribution is -2.32. The summed E-state index contributed by atoms with van der Waals surface area (Å²) < 4.78 is 17.3. The molecule has 7 nitrogen and oxygen atoms in total. The second kappa shape index (κ2) is 16.6. The van der Waals surface area contributed by atoms with Gasteiger partial charge in [0, 0.05) is 13.1 Å². The number of carbonyl (C=O) groups excluding carboxylic acids is 1. The van der Waals surface area contributed by atoms with Crippen LogP contribution in [0.25, 0.3) is 0 Å². The lowest BCUT2D eigenvalue weighted by molar-refractivity contribution is 0.0750. The molecule has 0 fully saturated rings. The Morgan fingerprint density at radius 1 is 0.971 bits per heavy atom. The summed E-state index contributed by atoms with van der Waals surface area (Å²) in [5.74, 6) is 7.07. The predicted octanol–water partition coefficient (Wildman–Crippen LogP) is 5.30. The van der Waals surface area contributed by atoms with Gasteiger partial charge in [-0.05, 0) is 74.1 Å². The smallest absolute Gasteiger partial charge is 0.257 e. The SMILES string of the molecule is CCCN(CCC)C(=O)c1cccc(OC)c1OCCCCCOc1ccc(C=NN)cc1.Cl. The molecular formula is C26H38ClN3O4. The van der Waals surface area contributed by atoms with E-state index in [4.69, 9.17) is 20.1 Å². The molecule has 1 amide bonds. The zero-order valence-electron chi connectivity index (χ0n) is 20.5. The summed E-state index contributed by atoms with van der Waals surface area (Å²) in [4.78, 5) is 15.0. The summed E-state index contributed by atoms with van der Waals surface area (Å²) in [5, 5.41) is 3.51. The minimum absolute atomic E-state index is 0. The highest BCUT2D eigenvalue weighted by atomic mass is 35.5. The molecule has 2 rings (SSSR count). The van der Waals surface area contributed by atoms with Gasteiger partial charge in [-0.25, -0.2) is 0 Å². The Morgan fingerprint density at radius 2 is 1.62 bits per heavy atom. The van der Waals surface area contributed by atoms with E-state index in [0.717, 1.165) is 56.5 Å². The number of unbranched alkanes of at least 4 members (excludes halogenated alkanes) is 2. The molecule has 0 aliphatic rings. The van der Waals surface area contributed by atoms with Crippen LogP contribution < -0.4 is 20.1 Å². The molecule has 0 spiro atoms. The highest BCUT2D eigenvalue weighted by Crippen LogP contribution is 2.32. The van der Waals surface area contributed by atoms with Gasteiger partial charge in [-0.15, -0.1) is 12.4 Å². The quantitative estimate of drug-likeness (QED) is 0.158. The van der Waals surface area contributed by atoms with Crippen molar-refractivity contribution in [2.24, 2.45) is 10.9 Å². The summed E-state index contributed by atoms with van der Waals surface area (Å²) in [6.07, 6.45) is 6.15. The van der Waals surface area contributed by atoms with Crippen LogP contribution in [-0.2, 0) is 0 Å². The van der Waals surface area contributed by atoms with Crippen LogP contribution in [0.1, 0.15) is 61.9 Å². The van der Waals surface area contributed by atoms with Crippen LogP contribution in [0.3, 0.4) is 0 Å². The number of amides is 1. The van der Waals surface area contributed by atoms with E-state index in [9.17, 15) is 4.79 Å². The van der Waals surface area contributed by atoms with Gasteiger partial charge in [0.05, 0.1) is 32.1 Å². The molecule has 0 radical (unpaired) electrons. The predicted molar refractivity (Wildman–Crippen MR) is 140 cm³/mol. The zero-order chi connectivity index (χ0) is 23.9. The molecule has 0 heterocycles. The Bertz CT molecular complexity index is 869. The number of ether oxygens (including phenoxy) is 3. The lowest BCUT2D eigenvalue weighted by atomic mass is 10.1. The standard InChI is InChI=1S/C26H37N3O4.ClH/c1-4-16-29(17-5-2)26(30)23-10-9-11-24(31-3)25(23)33-19-8-6-7-18-32-22-14-12-21(13-15-22)20-28-27;/h9-15,20H,4-8,16-19,27H2,1-3H3;1H. The summed E-state index contributed by atoms with van der Waals surface area (Å²) >= 11 is 0. The minimum atomic E-state index is -0.00949. The van der Waals surface area contributed by atoms with Crippen LogP contribution in [0.4, 0.5) is 0 Å². The van der Waals surface area contributed by atoms with Gasteiger partial charge >= 0.3 is 0 Å². The van der Waals surface area contributed by atoms with Crippen LogP contribution >= 0.6 is 12.4 Å². The number of rotatable bonds is 15. The number of hydrazone groups is 1. The first-order chi connectivity index (χ1) is 16.1. The number of hydrogen-bond donors (Lipinski definition) is 1. The van der Waals surface area contributed by atoms with Gasteiger partial charge in [0.15, 0.2) is 11.5 Å². The molecule has 0 aromatic heterocycles. The molecule has 0 bridgehead atoms. The fourth-order valence-electron chi connectivity index (χ4n) is 3.50. The van der Waals surface area contributed by atoms with Crippen molar-refractivity contribution in [3.05, 3.63) is 53.6 Å². The molecule has 188 valence electrons. The third kappa shape index (κ3) is 9.14. The molecule has 0 aliphatic carbocycles. The second-order valence-electron chi connectivity index (χ2n) is 7.73. The van der Waals surface area contributed by atoms with Gasteiger partial charge < -0.3 is 25.0 Å². The van der Waals surface area contributed by atoms with E-state index in [1.165, 1.54) is 0 Å². The van der Waals surface area contributed by atoms with Crippen molar-refractivity contribution in [1.82, 2.24) is 4.90 Å². The maximum Gasteiger partial charge on any atom is 0.257 e. The number of carbonyl (C=O) groups is 1. The molecule has 0 unspecified atom stereocenters. The number of nitrogens with two attached hydrogens (primary N) is 1. The van der Waals surface area contributed by atoms with Crippen LogP contribution in [0.5, 0.6) is 17.2 Å². The van der Waals surface area contributed by atoms with Gasteiger partial charge in [0.2, 0.25) is 0 Å². The van der Waals surface area contributed by atoms with Gasteiger partial charge in [0.25, 0.3) is 5.91 Å². The van der Waals surface area contributed by atoms with Crippen LogP contribution in [0, 0.1) is 0 Å². The molecular weight excluding hydrogens is 454 g/mol. The normalized spacial score (nSPS) is 10.6. The molecule has 0 saturated carbocycles. The van der Waals surface area contributed by atoms with Crippen LogP contribution in [0.2, 0.25) is 0 Å². The number of para-hydroxylation sites is 1. The molecule has 0 aliphatic heterocycles. The summed E-state index contributed by atoms with van der Waals surface area (Å²) in [7, 11) is 1.60. The first-order valence-electron chi connectivity index (χ1n) is 11.7. The van der Waals surface area contributed by atoms with Gasteiger partial charge in [-0.1, -0.05) is 19.9 Å². The topological polar surface area (TPSA) is 86.4 Å². The van der Waals surface area contributed by atoms with Gasteiger partial charge in [-0.3, -0.25) is 4.79 Å². The molecule has 34 heavy (non-hydrogen) atoms. The van der Waals surface area contributed by atoms with E-state index < -0.39 is 0 Å². The third-order valence-electron chi connectivity index (χ3n) is 5.11. The van der Waals surface area contributed by atoms with Crippen LogP contribution in [0.15, 0.2) is 47.6 Å². The molecule has 0 saturated heterocycles. The lowest BCUT2D eigenvalue weighted by Gasteiger charge is -2.23. The Balaban J connectivity index is 0.00000578. The Labute approximate surface area is 209 Å². The van der Waals surface area contributed by atoms with Crippen molar-refractivity contribution >= 4 is 24.5 Å². The average Bonchev–Trinajstić information content (AvgIpc) is 2.84. The maximum atomic E-state index is 13.1.